The molecule has 292 valence electrons. The van der Waals surface area contributed by atoms with Crippen LogP contribution in [0.15, 0.2) is 115 Å². The molecule has 0 saturated carbocycles. The molecule has 5 aromatic carbocycles. The predicted molar refractivity (Wildman–Crippen MR) is 233 cm³/mol. The van der Waals surface area contributed by atoms with E-state index in [0.717, 1.165) is 43.5 Å². The van der Waals surface area contributed by atoms with Gasteiger partial charge in [0.05, 0.1) is 0 Å². The number of hydrogen-bond donors (Lipinski definition) is 0. The van der Waals surface area contributed by atoms with Crippen LogP contribution in [-0.2, 0) is 35.6 Å². The summed E-state index contributed by atoms with van der Waals surface area (Å²) in [6.45, 7) is 25.6. The van der Waals surface area contributed by atoms with Crippen molar-refractivity contribution < 1.29 is 24.1 Å². The Kier molecular flexibility index (Phi) is 8.41. The number of benzene rings is 5. The van der Waals surface area contributed by atoms with Gasteiger partial charge in [0, 0.05) is 6.20 Å². The van der Waals surface area contributed by atoms with Gasteiger partial charge in [-0.2, -0.15) is 0 Å². The monoisotopic (exact) mass is 931 g/mol. The Hall–Kier alpha value is -4.99. The van der Waals surface area contributed by atoms with Gasteiger partial charge in [0.25, 0.3) is 0 Å². The summed E-state index contributed by atoms with van der Waals surface area (Å²) in [5.41, 5.74) is 13.3. The first-order valence-electron chi connectivity index (χ1n) is 20.0. The summed E-state index contributed by atoms with van der Waals surface area (Å²) >= 11 is 2.48. The van der Waals surface area contributed by atoms with E-state index in [1.54, 1.807) is 0 Å². The van der Waals surface area contributed by atoms with Crippen molar-refractivity contribution in [1.29, 1.82) is 0 Å². The number of fused-ring (bicyclic) bond motifs is 6. The first kappa shape index (κ1) is 37.6. The Morgan fingerprint density at radius 1 is 0.596 bits per heavy atom. The van der Waals surface area contributed by atoms with Gasteiger partial charge in [-0.05, 0) is 40.4 Å². The van der Waals surface area contributed by atoms with Crippen LogP contribution in [0.5, 0.6) is 11.5 Å². The van der Waals surface area contributed by atoms with Crippen molar-refractivity contribution >= 4 is 32.8 Å². The summed E-state index contributed by atoms with van der Waals surface area (Å²) in [6.07, 6.45) is 1.93. The molecule has 0 unspecified atom stereocenters. The van der Waals surface area contributed by atoms with E-state index in [1.165, 1.54) is 49.6 Å². The molecular formula is C51H52N4OPt. The van der Waals surface area contributed by atoms with Crippen molar-refractivity contribution in [3.8, 4) is 28.7 Å². The molecule has 0 radical (unpaired) electrons. The Labute approximate surface area is 347 Å². The number of nitrogens with zero attached hydrogens (tertiary/aromatic N) is 4. The van der Waals surface area contributed by atoms with Crippen molar-refractivity contribution in [3.63, 3.8) is 0 Å². The maximum atomic E-state index is 6.82. The Morgan fingerprint density at radius 2 is 1.30 bits per heavy atom. The average molecular weight is 932 g/mol. The minimum atomic E-state index is -0.0901. The van der Waals surface area contributed by atoms with Crippen LogP contribution in [0.3, 0.4) is 0 Å². The van der Waals surface area contributed by atoms with E-state index in [9.17, 15) is 0 Å². The van der Waals surface area contributed by atoms with Crippen LogP contribution >= 0.6 is 0 Å². The molecule has 0 saturated heterocycles. The number of rotatable bonds is 5. The zero-order valence-electron chi connectivity index (χ0n) is 35.0. The molecule has 1 aliphatic rings. The van der Waals surface area contributed by atoms with Gasteiger partial charge < -0.3 is 0 Å². The molecule has 9 rings (SSSR count). The first-order chi connectivity index (χ1) is 26.9. The normalized spacial score (nSPS) is 15.8. The maximum absolute atomic E-state index is 6.82. The third-order valence-corrected chi connectivity index (χ3v) is 14.7. The van der Waals surface area contributed by atoms with Gasteiger partial charge >= 0.3 is 255 Å². The van der Waals surface area contributed by atoms with Crippen LogP contribution < -0.4 is 4.74 Å². The zero-order valence-corrected chi connectivity index (χ0v) is 37.3. The minimum absolute atomic E-state index is 0.0161. The summed E-state index contributed by atoms with van der Waals surface area (Å²) in [5, 5.41) is 2.44. The van der Waals surface area contributed by atoms with E-state index in [0.29, 0.717) is 0 Å². The van der Waals surface area contributed by atoms with Gasteiger partial charge in [0.15, 0.2) is 0 Å². The van der Waals surface area contributed by atoms with Crippen molar-refractivity contribution in [1.82, 2.24) is 18.7 Å². The van der Waals surface area contributed by atoms with Crippen LogP contribution in [0.1, 0.15) is 90.1 Å². The van der Waals surface area contributed by atoms with Crippen LogP contribution in [0.25, 0.3) is 50.0 Å². The molecule has 3 aromatic heterocycles. The molecule has 8 aromatic rings. The standard InChI is InChI=1S/C51H52N4O.Pt/c1-32-15-18-35(19-16-32)53-31-54(42-24-17-34(28-44(42)53)48(3,4)5)36-13-12-14-37(29-36)56-38-20-21-39-40-22-23-41-46(50(8,9)51(10,11)49(41,6)7)47(40)55(43(39)30-38)45-27-33(2)25-26-52-45;/h12-30H,1-11H3;. The Balaban J connectivity index is 1.20. The molecule has 0 bridgehead atoms. The zero-order chi connectivity index (χ0) is 40.4. The fourth-order valence-corrected chi connectivity index (χ4v) is 10.4. The third kappa shape index (κ3) is 5.59. The number of aromatic nitrogens is 4. The molecule has 1 aliphatic carbocycles. The van der Waals surface area contributed by atoms with Crippen LogP contribution in [0.4, 0.5) is 0 Å². The topological polar surface area (TPSA) is 36.9 Å². The van der Waals surface area contributed by atoms with E-state index >= 15 is 0 Å². The SMILES string of the molecule is Cc1ccc(-n2[c](=[Pt])n(-c3cccc(Oc4ccc5c6ccc7c(c6n(-c6cc(C)ccn6)c5c4)C(C)(C)C(C)(C)C7(C)C)c3)c3ccc(C(C)(C)C)cc32)cc1. The van der Waals surface area contributed by atoms with Gasteiger partial charge in [-0.25, -0.2) is 0 Å². The van der Waals surface area contributed by atoms with Crippen molar-refractivity contribution in [2.24, 2.45) is 5.41 Å². The molecule has 0 aliphatic heterocycles. The first-order valence-corrected chi connectivity index (χ1v) is 21.2. The molecule has 57 heavy (non-hydrogen) atoms. The number of pyridine rings is 1. The Morgan fingerprint density at radius 3 is 2.02 bits per heavy atom. The Bertz CT molecular complexity index is 2980. The number of aryl methyl sites for hydroxylation is 2. The van der Waals surface area contributed by atoms with E-state index < -0.39 is 0 Å². The molecule has 0 fully saturated rings. The van der Waals surface area contributed by atoms with E-state index in [1.807, 2.05) is 6.20 Å². The molecule has 5 nitrogen and oxygen atoms in total. The van der Waals surface area contributed by atoms with Crippen molar-refractivity contribution in [3.05, 3.63) is 147 Å². The van der Waals surface area contributed by atoms with Crippen LogP contribution in [0, 0.1) is 23.1 Å². The molecule has 0 spiro atoms. The van der Waals surface area contributed by atoms with Crippen LogP contribution in [0.2, 0.25) is 0 Å². The number of imidazole rings is 1. The second-order valence-electron chi connectivity index (χ2n) is 18.8. The number of ether oxygens (including phenoxy) is 1. The van der Waals surface area contributed by atoms with Crippen molar-refractivity contribution in [2.75, 3.05) is 0 Å². The third-order valence-electron chi connectivity index (χ3n) is 13.7. The fourth-order valence-electron chi connectivity index (χ4n) is 9.25. The molecule has 0 amide bonds. The second-order valence-corrected chi connectivity index (χ2v) is 19.8. The van der Waals surface area contributed by atoms with E-state index in [2.05, 4.69) is 218 Å². The molecular weight excluding hydrogens is 880 g/mol. The average Bonchev–Trinajstić information content (AvgIpc) is 3.67. The van der Waals surface area contributed by atoms with Gasteiger partial charge in [-0.3, -0.25) is 0 Å². The van der Waals surface area contributed by atoms with E-state index in [-0.39, 0.29) is 21.7 Å². The molecule has 6 heteroatoms. The summed E-state index contributed by atoms with van der Waals surface area (Å²) in [4.78, 5) is 4.98. The van der Waals surface area contributed by atoms with Gasteiger partial charge in [0.1, 0.15) is 0 Å². The van der Waals surface area contributed by atoms with Gasteiger partial charge in [-0.15, -0.1) is 0 Å². The predicted octanol–water partition coefficient (Wildman–Crippen LogP) is 13.3. The summed E-state index contributed by atoms with van der Waals surface area (Å²) in [7, 11) is 0. The summed E-state index contributed by atoms with van der Waals surface area (Å²) in [5.74, 6) is 2.48. The molecule has 0 atom stereocenters. The second kappa shape index (κ2) is 12.8. The van der Waals surface area contributed by atoms with Gasteiger partial charge in [-0.1, -0.05) is 47.6 Å². The van der Waals surface area contributed by atoms with Crippen molar-refractivity contribution in [2.45, 2.75) is 92.4 Å². The molecule has 0 N–H and O–H groups in total. The fraction of sp³-hybridized carbons (Fsp3) is 0.294. The summed E-state index contributed by atoms with van der Waals surface area (Å²) < 4.78 is 15.0. The molecule has 3 heterocycles. The number of hydrogen-bond acceptors (Lipinski definition) is 2. The summed E-state index contributed by atoms with van der Waals surface area (Å²) in [6, 6.07) is 39.7. The van der Waals surface area contributed by atoms with E-state index in [4.69, 9.17) is 9.72 Å². The quantitative estimate of drug-likeness (QED) is 0.172. The van der Waals surface area contributed by atoms with Crippen LogP contribution in [-0.4, -0.2) is 18.7 Å². The van der Waals surface area contributed by atoms with Gasteiger partial charge in [0.2, 0.25) is 0 Å².